The van der Waals surface area contributed by atoms with Crippen LogP contribution < -0.4 is 5.43 Å². The Morgan fingerprint density at radius 1 is 1.67 bits per heavy atom. The van der Waals surface area contributed by atoms with Crippen LogP contribution >= 0.6 is 0 Å². The Morgan fingerprint density at radius 2 is 2.58 bits per heavy atom. The molecule has 2 rings (SSSR count). The first-order valence-corrected chi connectivity index (χ1v) is 4.12. The third-order valence-electron chi connectivity index (χ3n) is 1.84. The van der Waals surface area contributed by atoms with Crippen molar-refractivity contribution in [3.63, 3.8) is 0 Å². The molecule has 5 heteroatoms. The minimum atomic E-state index is 0.629. The molecule has 0 saturated carbocycles. The van der Waals surface area contributed by atoms with Gasteiger partial charge in [-0.15, -0.1) is 0 Å². The van der Waals surface area contributed by atoms with Crippen molar-refractivity contribution in [1.29, 1.82) is 0 Å². The molecule has 5 nitrogen and oxygen atoms in total. The van der Waals surface area contributed by atoms with E-state index < -0.39 is 0 Å². The van der Waals surface area contributed by atoms with Crippen LogP contribution in [0.4, 0.5) is 0 Å². The van der Waals surface area contributed by atoms with E-state index in [0.717, 1.165) is 25.5 Å². The fourth-order valence-electron chi connectivity index (χ4n) is 1.30. The summed E-state index contributed by atoms with van der Waals surface area (Å²) in [5, 5.41) is 5.91. The zero-order chi connectivity index (χ0) is 8.39. The van der Waals surface area contributed by atoms with Crippen molar-refractivity contribution < 1.29 is 4.52 Å². The highest BCUT2D eigenvalue weighted by Gasteiger charge is 2.13. The van der Waals surface area contributed by atoms with E-state index in [1.165, 1.54) is 6.42 Å². The first kappa shape index (κ1) is 7.70. The molecule has 1 aromatic heterocycles. The van der Waals surface area contributed by atoms with E-state index in [0.29, 0.717) is 5.89 Å². The number of hydrogen-bond donors (Lipinski definition) is 1. The largest absolute Gasteiger partial charge is 0.340 e. The van der Waals surface area contributed by atoms with Crippen LogP contribution in [0, 0.1) is 6.92 Å². The van der Waals surface area contributed by atoms with Crippen LogP contribution in [0.2, 0.25) is 0 Å². The van der Waals surface area contributed by atoms with E-state index in [2.05, 4.69) is 20.6 Å². The molecule has 1 aromatic rings. The maximum absolute atomic E-state index is 4.86. The fraction of sp³-hybridized carbons (Fsp3) is 0.714. The molecule has 1 fully saturated rings. The molecule has 12 heavy (non-hydrogen) atoms. The highest BCUT2D eigenvalue weighted by Crippen LogP contribution is 2.02. The highest BCUT2D eigenvalue weighted by atomic mass is 16.5. The van der Waals surface area contributed by atoms with Crippen LogP contribution in [0.25, 0.3) is 0 Å². The minimum Gasteiger partial charge on any atom is -0.340 e. The second-order valence-electron chi connectivity index (χ2n) is 2.91. The summed E-state index contributed by atoms with van der Waals surface area (Å²) in [6.45, 7) is 4.65. The number of hydrazine groups is 1. The van der Waals surface area contributed by atoms with Gasteiger partial charge in [0.15, 0.2) is 5.82 Å². The fourth-order valence-corrected chi connectivity index (χ4v) is 1.30. The molecule has 0 aromatic carbocycles. The molecule has 0 radical (unpaired) electrons. The Balaban J connectivity index is 1.94. The van der Waals surface area contributed by atoms with Crippen LogP contribution in [0.15, 0.2) is 4.52 Å². The lowest BCUT2D eigenvalue weighted by atomic mass is 10.4. The van der Waals surface area contributed by atoms with Crippen LogP contribution in [0.1, 0.15) is 18.1 Å². The van der Waals surface area contributed by atoms with Crippen molar-refractivity contribution in [3.8, 4) is 0 Å². The Kier molecular flexibility index (Phi) is 2.05. The van der Waals surface area contributed by atoms with E-state index in [-0.39, 0.29) is 0 Å². The lowest BCUT2D eigenvalue weighted by Crippen LogP contribution is -2.30. The summed E-state index contributed by atoms with van der Waals surface area (Å²) in [6.07, 6.45) is 1.19. The Hall–Kier alpha value is -0.940. The quantitative estimate of drug-likeness (QED) is 0.678. The van der Waals surface area contributed by atoms with Crippen LogP contribution in [0.3, 0.4) is 0 Å². The predicted octanol–water partition coefficient (Wildman–Crippen LogP) is 0.0883. The summed E-state index contributed by atoms with van der Waals surface area (Å²) in [5.74, 6) is 1.38. The molecule has 0 atom stereocenters. The maximum atomic E-state index is 4.86. The summed E-state index contributed by atoms with van der Waals surface area (Å²) >= 11 is 0. The molecule has 0 bridgehead atoms. The number of nitrogens with one attached hydrogen (secondary N) is 1. The predicted molar refractivity (Wildman–Crippen MR) is 42.1 cm³/mol. The zero-order valence-corrected chi connectivity index (χ0v) is 7.08. The molecular formula is C7H12N4O. The van der Waals surface area contributed by atoms with Gasteiger partial charge in [-0.25, -0.2) is 5.01 Å². The van der Waals surface area contributed by atoms with E-state index in [1.54, 1.807) is 6.92 Å². The van der Waals surface area contributed by atoms with Gasteiger partial charge in [0.25, 0.3) is 0 Å². The highest BCUT2D eigenvalue weighted by molar-refractivity contribution is 4.83. The van der Waals surface area contributed by atoms with Gasteiger partial charge in [0.1, 0.15) is 0 Å². The topological polar surface area (TPSA) is 54.2 Å². The van der Waals surface area contributed by atoms with Crippen molar-refractivity contribution in [2.75, 3.05) is 13.1 Å². The van der Waals surface area contributed by atoms with Gasteiger partial charge in [-0.1, -0.05) is 5.16 Å². The standard InChI is InChI=1S/C7H12N4O/c1-6-9-7(10-12-6)5-11-4-2-3-8-11/h8H,2-5H2,1H3. The Labute approximate surface area is 70.7 Å². The third-order valence-corrected chi connectivity index (χ3v) is 1.84. The SMILES string of the molecule is Cc1nc(CN2CCCN2)no1. The number of hydrogen-bond acceptors (Lipinski definition) is 5. The number of aryl methyl sites for hydroxylation is 1. The summed E-state index contributed by atoms with van der Waals surface area (Å²) in [5.41, 5.74) is 3.23. The number of nitrogens with zero attached hydrogens (tertiary/aromatic N) is 3. The molecule has 2 heterocycles. The Morgan fingerprint density at radius 3 is 3.17 bits per heavy atom. The van der Waals surface area contributed by atoms with Gasteiger partial charge < -0.3 is 4.52 Å². The van der Waals surface area contributed by atoms with Gasteiger partial charge in [0.05, 0.1) is 6.54 Å². The van der Waals surface area contributed by atoms with Crippen molar-refractivity contribution in [1.82, 2.24) is 20.6 Å². The molecule has 0 aliphatic carbocycles. The van der Waals surface area contributed by atoms with E-state index in [4.69, 9.17) is 4.52 Å². The molecule has 0 spiro atoms. The lowest BCUT2D eigenvalue weighted by molar-refractivity contribution is 0.234. The van der Waals surface area contributed by atoms with Crippen molar-refractivity contribution in [3.05, 3.63) is 11.7 Å². The second-order valence-corrected chi connectivity index (χ2v) is 2.91. The molecule has 1 N–H and O–H groups in total. The molecule has 0 unspecified atom stereocenters. The zero-order valence-electron chi connectivity index (χ0n) is 7.08. The van der Waals surface area contributed by atoms with Gasteiger partial charge in [0, 0.05) is 20.0 Å². The molecule has 1 saturated heterocycles. The summed E-state index contributed by atoms with van der Waals surface area (Å²) in [6, 6.07) is 0. The van der Waals surface area contributed by atoms with Crippen LogP contribution in [-0.2, 0) is 6.54 Å². The van der Waals surface area contributed by atoms with Crippen molar-refractivity contribution in [2.24, 2.45) is 0 Å². The van der Waals surface area contributed by atoms with Crippen LogP contribution in [0.5, 0.6) is 0 Å². The molecular weight excluding hydrogens is 156 g/mol. The second kappa shape index (κ2) is 3.20. The van der Waals surface area contributed by atoms with Gasteiger partial charge in [0.2, 0.25) is 5.89 Å². The first-order valence-electron chi connectivity index (χ1n) is 4.12. The number of rotatable bonds is 2. The van der Waals surface area contributed by atoms with Gasteiger partial charge >= 0.3 is 0 Å². The minimum absolute atomic E-state index is 0.629. The molecule has 0 amide bonds. The monoisotopic (exact) mass is 168 g/mol. The number of aromatic nitrogens is 2. The van der Waals surface area contributed by atoms with Gasteiger partial charge in [-0.2, -0.15) is 4.98 Å². The summed E-state index contributed by atoms with van der Waals surface area (Å²) in [4.78, 5) is 4.11. The maximum Gasteiger partial charge on any atom is 0.223 e. The van der Waals surface area contributed by atoms with Crippen molar-refractivity contribution >= 4 is 0 Å². The van der Waals surface area contributed by atoms with Crippen molar-refractivity contribution in [2.45, 2.75) is 19.9 Å². The Bertz CT molecular complexity index is 254. The average Bonchev–Trinajstić information content (AvgIpc) is 2.63. The smallest absolute Gasteiger partial charge is 0.223 e. The summed E-state index contributed by atoms with van der Waals surface area (Å²) in [7, 11) is 0. The molecule has 1 aliphatic rings. The lowest BCUT2D eigenvalue weighted by Gasteiger charge is -2.11. The first-order chi connectivity index (χ1) is 5.84. The average molecular weight is 168 g/mol. The molecule has 66 valence electrons. The van der Waals surface area contributed by atoms with Gasteiger partial charge in [-0.05, 0) is 6.42 Å². The molecule has 1 aliphatic heterocycles. The summed E-state index contributed by atoms with van der Waals surface area (Å²) < 4.78 is 4.86. The van der Waals surface area contributed by atoms with Crippen LogP contribution in [-0.4, -0.2) is 28.2 Å². The normalized spacial score (nSPS) is 18.8. The van der Waals surface area contributed by atoms with E-state index >= 15 is 0 Å². The van der Waals surface area contributed by atoms with E-state index in [1.807, 2.05) is 0 Å². The third kappa shape index (κ3) is 1.62. The van der Waals surface area contributed by atoms with E-state index in [9.17, 15) is 0 Å². The van der Waals surface area contributed by atoms with Gasteiger partial charge in [-0.3, -0.25) is 5.43 Å².